The van der Waals surface area contributed by atoms with Gasteiger partial charge in [-0.1, -0.05) is 23.9 Å². The third kappa shape index (κ3) is 3.63. The average Bonchev–Trinajstić information content (AvgIpc) is 3.15. The van der Waals surface area contributed by atoms with Crippen LogP contribution in [0.15, 0.2) is 34.8 Å². The van der Waals surface area contributed by atoms with E-state index in [9.17, 15) is 0 Å². The number of ether oxygens (including phenoxy) is 1. The Hall–Kier alpha value is -1.93. The van der Waals surface area contributed by atoms with Gasteiger partial charge >= 0.3 is 0 Å². The Morgan fingerprint density at radius 3 is 2.77 bits per heavy atom. The molecule has 0 fully saturated rings. The van der Waals surface area contributed by atoms with Crippen molar-refractivity contribution in [2.45, 2.75) is 24.4 Å². The molecule has 0 amide bonds. The summed E-state index contributed by atoms with van der Waals surface area (Å²) < 4.78 is 6.96. The molecule has 8 heteroatoms. The minimum absolute atomic E-state index is 0.634. The maximum absolute atomic E-state index is 5.16. The topological polar surface area (TPSA) is 65.7 Å². The molecule has 0 radical (unpaired) electrons. The van der Waals surface area contributed by atoms with Crippen molar-refractivity contribution >= 4 is 23.1 Å². The van der Waals surface area contributed by atoms with Gasteiger partial charge in [-0.3, -0.25) is 0 Å². The van der Waals surface area contributed by atoms with E-state index in [1.54, 1.807) is 34.9 Å². The van der Waals surface area contributed by atoms with E-state index in [-0.39, 0.29) is 0 Å². The molecule has 0 unspecified atom stereocenters. The van der Waals surface area contributed by atoms with Gasteiger partial charge in [0, 0.05) is 11.1 Å². The lowest BCUT2D eigenvalue weighted by Crippen LogP contribution is -2.04. The van der Waals surface area contributed by atoms with Crippen molar-refractivity contribution in [3.8, 4) is 5.75 Å². The minimum atomic E-state index is 0.634. The summed E-state index contributed by atoms with van der Waals surface area (Å²) >= 11 is 3.25. The minimum Gasteiger partial charge on any atom is -0.497 e. The summed E-state index contributed by atoms with van der Waals surface area (Å²) in [6.45, 7) is 2.64. The van der Waals surface area contributed by atoms with Gasteiger partial charge in [-0.25, -0.2) is 9.67 Å². The molecule has 6 nitrogen and oxygen atoms in total. The second kappa shape index (κ2) is 6.89. The Labute approximate surface area is 136 Å². The van der Waals surface area contributed by atoms with Crippen LogP contribution in [0.4, 0.5) is 0 Å². The van der Waals surface area contributed by atoms with E-state index in [0.717, 1.165) is 32.9 Å². The van der Waals surface area contributed by atoms with Gasteiger partial charge in [0.05, 0.1) is 24.4 Å². The Morgan fingerprint density at radius 1 is 1.27 bits per heavy atom. The normalized spacial score (nSPS) is 10.8. The maximum Gasteiger partial charge on any atom is 0.210 e. The highest BCUT2D eigenvalue weighted by Gasteiger charge is 2.09. The van der Waals surface area contributed by atoms with Crippen LogP contribution >= 0.6 is 23.1 Å². The van der Waals surface area contributed by atoms with Crippen LogP contribution in [-0.4, -0.2) is 32.3 Å². The number of benzene rings is 1. The van der Waals surface area contributed by atoms with Gasteiger partial charge < -0.3 is 4.74 Å². The van der Waals surface area contributed by atoms with E-state index in [0.29, 0.717) is 6.54 Å². The number of nitrogens with zero attached hydrogens (tertiary/aromatic N) is 5. The van der Waals surface area contributed by atoms with E-state index in [4.69, 9.17) is 4.74 Å². The first-order valence-corrected chi connectivity index (χ1v) is 8.54. The lowest BCUT2D eigenvalue weighted by atomic mass is 10.2. The number of aromatic nitrogens is 5. The van der Waals surface area contributed by atoms with Gasteiger partial charge in [0.15, 0.2) is 0 Å². The van der Waals surface area contributed by atoms with Crippen molar-refractivity contribution in [2.24, 2.45) is 0 Å². The second-order valence-corrected chi connectivity index (χ2v) is 6.62. The average molecular weight is 333 g/mol. The SMILES string of the molecule is COc1ccc(Cn2nnnc2SCc2csc(C)n2)cc1. The van der Waals surface area contributed by atoms with Crippen LogP contribution in [-0.2, 0) is 12.3 Å². The molecule has 0 aliphatic heterocycles. The molecule has 0 spiro atoms. The van der Waals surface area contributed by atoms with Crippen molar-refractivity contribution in [1.82, 2.24) is 25.2 Å². The summed E-state index contributed by atoms with van der Waals surface area (Å²) in [6.07, 6.45) is 0. The first-order chi connectivity index (χ1) is 10.7. The van der Waals surface area contributed by atoms with Crippen LogP contribution in [0.5, 0.6) is 5.75 Å². The summed E-state index contributed by atoms with van der Waals surface area (Å²) in [6, 6.07) is 7.90. The standard InChI is InChI=1S/C14H15N5OS2/c1-10-15-12(8-21-10)9-22-14-16-17-18-19(14)7-11-3-5-13(20-2)6-4-11/h3-6,8H,7,9H2,1-2H3. The molecule has 0 saturated carbocycles. The van der Waals surface area contributed by atoms with Gasteiger partial charge in [-0.15, -0.1) is 16.4 Å². The predicted molar refractivity (Wildman–Crippen MR) is 86.3 cm³/mol. The molecule has 2 heterocycles. The lowest BCUT2D eigenvalue weighted by Gasteiger charge is -2.05. The molecule has 2 aromatic heterocycles. The largest absolute Gasteiger partial charge is 0.497 e. The lowest BCUT2D eigenvalue weighted by molar-refractivity contribution is 0.414. The molecular formula is C14H15N5OS2. The number of hydrogen-bond donors (Lipinski definition) is 0. The molecule has 3 rings (SSSR count). The van der Waals surface area contributed by atoms with Crippen molar-refractivity contribution < 1.29 is 4.74 Å². The Bertz CT molecular complexity index is 738. The van der Waals surface area contributed by atoms with E-state index < -0.39 is 0 Å². The molecule has 114 valence electrons. The van der Waals surface area contributed by atoms with Crippen molar-refractivity contribution in [2.75, 3.05) is 7.11 Å². The van der Waals surface area contributed by atoms with E-state index in [2.05, 4.69) is 25.9 Å². The third-order valence-corrected chi connectivity index (χ3v) is 4.82. The molecule has 0 saturated heterocycles. The zero-order valence-electron chi connectivity index (χ0n) is 12.3. The van der Waals surface area contributed by atoms with Crippen LogP contribution in [0.1, 0.15) is 16.3 Å². The van der Waals surface area contributed by atoms with Crippen molar-refractivity contribution in [1.29, 1.82) is 0 Å². The van der Waals surface area contributed by atoms with Crippen LogP contribution in [0, 0.1) is 6.92 Å². The quantitative estimate of drug-likeness (QED) is 0.646. The summed E-state index contributed by atoms with van der Waals surface area (Å²) in [7, 11) is 1.66. The fourth-order valence-corrected chi connectivity index (χ4v) is 3.40. The van der Waals surface area contributed by atoms with Gasteiger partial charge in [0.2, 0.25) is 5.16 Å². The molecule has 1 aromatic carbocycles. The molecule has 22 heavy (non-hydrogen) atoms. The van der Waals surface area contributed by atoms with Crippen LogP contribution in [0.3, 0.4) is 0 Å². The van der Waals surface area contributed by atoms with Gasteiger partial charge in [-0.2, -0.15) is 0 Å². The van der Waals surface area contributed by atoms with Crippen LogP contribution < -0.4 is 4.74 Å². The zero-order valence-corrected chi connectivity index (χ0v) is 13.9. The fourth-order valence-electron chi connectivity index (χ4n) is 1.92. The first kappa shape index (κ1) is 15.0. The summed E-state index contributed by atoms with van der Waals surface area (Å²) in [5, 5.41) is 15.8. The molecule has 0 N–H and O–H groups in total. The predicted octanol–water partition coefficient (Wildman–Crippen LogP) is 2.79. The van der Waals surface area contributed by atoms with Crippen LogP contribution in [0.25, 0.3) is 0 Å². The summed E-state index contributed by atoms with van der Waals surface area (Å²) in [5.74, 6) is 1.61. The Balaban J connectivity index is 1.66. The molecule has 0 atom stereocenters. The number of hydrogen-bond acceptors (Lipinski definition) is 7. The highest BCUT2D eigenvalue weighted by atomic mass is 32.2. The summed E-state index contributed by atoms with van der Waals surface area (Å²) in [4.78, 5) is 4.45. The Morgan fingerprint density at radius 2 is 2.09 bits per heavy atom. The molecule has 0 aliphatic carbocycles. The Kier molecular flexibility index (Phi) is 4.69. The van der Waals surface area contributed by atoms with Crippen molar-refractivity contribution in [3.63, 3.8) is 0 Å². The first-order valence-electron chi connectivity index (χ1n) is 6.67. The molecular weight excluding hydrogens is 318 g/mol. The monoisotopic (exact) mass is 333 g/mol. The second-order valence-electron chi connectivity index (χ2n) is 4.61. The molecule has 0 bridgehead atoms. The van der Waals surface area contributed by atoms with E-state index in [1.165, 1.54) is 0 Å². The molecule has 3 aromatic rings. The highest BCUT2D eigenvalue weighted by Crippen LogP contribution is 2.22. The van der Waals surface area contributed by atoms with Crippen LogP contribution in [0.2, 0.25) is 0 Å². The fraction of sp³-hybridized carbons (Fsp3) is 0.286. The van der Waals surface area contributed by atoms with Gasteiger partial charge in [0.25, 0.3) is 0 Å². The number of tetrazole rings is 1. The number of methoxy groups -OCH3 is 1. The number of thioether (sulfide) groups is 1. The third-order valence-electron chi connectivity index (χ3n) is 3.01. The highest BCUT2D eigenvalue weighted by molar-refractivity contribution is 7.98. The number of rotatable bonds is 6. The van der Waals surface area contributed by atoms with E-state index >= 15 is 0 Å². The van der Waals surface area contributed by atoms with E-state index in [1.807, 2.05) is 31.2 Å². The number of thiazole rings is 1. The van der Waals surface area contributed by atoms with Gasteiger partial charge in [-0.05, 0) is 35.0 Å². The zero-order chi connectivity index (χ0) is 15.4. The number of aryl methyl sites for hydroxylation is 1. The van der Waals surface area contributed by atoms with Gasteiger partial charge in [0.1, 0.15) is 5.75 Å². The molecule has 0 aliphatic rings. The maximum atomic E-state index is 5.16. The smallest absolute Gasteiger partial charge is 0.210 e. The summed E-state index contributed by atoms with van der Waals surface area (Å²) in [5.41, 5.74) is 2.19. The van der Waals surface area contributed by atoms with Crippen molar-refractivity contribution in [3.05, 3.63) is 45.9 Å².